The molecule has 0 spiro atoms. The van der Waals surface area contributed by atoms with Gasteiger partial charge in [-0.05, 0) is 0 Å². The van der Waals surface area contributed by atoms with Crippen molar-refractivity contribution in [3.63, 3.8) is 0 Å². The summed E-state index contributed by atoms with van der Waals surface area (Å²) in [5.74, 6) is 0. The van der Waals surface area contributed by atoms with Crippen LogP contribution in [0.15, 0.2) is 54.3 Å². The molecule has 3 rings (SSSR count). The first-order valence-corrected chi connectivity index (χ1v) is 11.7. The number of fused-ring (bicyclic) bond motifs is 1. The van der Waals surface area contributed by atoms with Gasteiger partial charge in [0.25, 0.3) is 0 Å². The minimum absolute atomic E-state index is 0.00551. The van der Waals surface area contributed by atoms with Crippen molar-refractivity contribution >= 4 is 56.3 Å². The Morgan fingerprint density at radius 1 is 1.27 bits per heavy atom. The van der Waals surface area contributed by atoms with E-state index in [-0.39, 0.29) is 9.98 Å². The number of hydrogen-bond acceptors (Lipinski definition) is 2. The second kappa shape index (κ2) is 6.55. The van der Waals surface area contributed by atoms with Gasteiger partial charge in [0.2, 0.25) is 0 Å². The average molecular weight is 513 g/mol. The van der Waals surface area contributed by atoms with Crippen molar-refractivity contribution in [2.45, 2.75) is 28.5 Å². The fourth-order valence-corrected chi connectivity index (χ4v) is 7.34. The van der Waals surface area contributed by atoms with Gasteiger partial charge in [-0.1, -0.05) is 0 Å². The third-order valence-electron chi connectivity index (χ3n) is 4.27. The third kappa shape index (κ3) is 3.30. The molecule has 1 aromatic heterocycles. The number of aromatic nitrogens is 1. The van der Waals surface area contributed by atoms with E-state index in [1.807, 2.05) is 6.08 Å². The molecule has 1 aliphatic rings. The first-order chi connectivity index (χ1) is 12.0. The Morgan fingerprint density at radius 2 is 1.92 bits per heavy atom. The van der Waals surface area contributed by atoms with Gasteiger partial charge in [0.05, 0.1) is 0 Å². The summed E-state index contributed by atoms with van der Waals surface area (Å²) in [6, 6.07) is 6.29. The standard InChI is InChI=1S/C17H15BrF3NO2SSe/c1-11-7-8-15(18)16(2,9-11)25(23,24)22-10-14(26-17(19,20)21)12-5-3-4-6-13(12)22/h3-10,15H,1-2H3. The van der Waals surface area contributed by atoms with Crippen LogP contribution in [0.1, 0.15) is 13.8 Å². The van der Waals surface area contributed by atoms with Gasteiger partial charge in [-0.3, -0.25) is 0 Å². The number of rotatable bonds is 3. The normalized spacial score (nSPS) is 24.1. The van der Waals surface area contributed by atoms with Crippen LogP contribution < -0.4 is 4.46 Å². The molecule has 0 bridgehead atoms. The van der Waals surface area contributed by atoms with Crippen molar-refractivity contribution in [1.29, 1.82) is 0 Å². The zero-order valence-corrected chi connectivity index (χ0v) is 17.9. The molecule has 1 aliphatic carbocycles. The van der Waals surface area contributed by atoms with E-state index in [9.17, 15) is 21.6 Å². The molecular weight excluding hydrogens is 498 g/mol. The summed E-state index contributed by atoms with van der Waals surface area (Å²) in [5.41, 5.74) is 1.04. The maximum atomic E-state index is 13.4. The van der Waals surface area contributed by atoms with Crippen LogP contribution in [0.3, 0.4) is 0 Å². The number of allylic oxidation sites excluding steroid dienone is 3. The van der Waals surface area contributed by atoms with Crippen LogP contribution in [0.25, 0.3) is 10.9 Å². The van der Waals surface area contributed by atoms with Crippen molar-refractivity contribution in [3.05, 3.63) is 54.3 Å². The summed E-state index contributed by atoms with van der Waals surface area (Å²) < 4.78 is 65.4. The Labute approximate surface area is 164 Å². The number of para-hydroxylation sites is 1. The van der Waals surface area contributed by atoms with Gasteiger partial charge in [-0.2, -0.15) is 0 Å². The van der Waals surface area contributed by atoms with Gasteiger partial charge in [0.15, 0.2) is 0 Å². The number of benzene rings is 1. The first kappa shape index (κ1) is 19.7. The Hall–Kier alpha value is -1.02. The molecule has 1 heterocycles. The molecule has 0 aliphatic heterocycles. The summed E-state index contributed by atoms with van der Waals surface area (Å²) in [4.78, 5) is -0.499. The Morgan fingerprint density at radius 3 is 2.58 bits per heavy atom. The predicted octanol–water partition coefficient (Wildman–Crippen LogP) is 3.71. The van der Waals surface area contributed by atoms with E-state index < -0.39 is 39.6 Å². The molecular formula is C17H15BrF3NO2SSe. The summed E-state index contributed by atoms with van der Waals surface area (Å²) in [5, 5.41) is -4.05. The third-order valence-corrected chi connectivity index (χ3v) is 9.76. The molecule has 2 aromatic rings. The molecule has 2 atom stereocenters. The molecule has 0 amide bonds. The zero-order valence-electron chi connectivity index (χ0n) is 13.8. The van der Waals surface area contributed by atoms with Gasteiger partial charge >= 0.3 is 165 Å². The topological polar surface area (TPSA) is 39.1 Å². The molecule has 0 saturated heterocycles. The van der Waals surface area contributed by atoms with Crippen molar-refractivity contribution < 1.29 is 21.6 Å². The molecule has 0 saturated carbocycles. The molecule has 26 heavy (non-hydrogen) atoms. The van der Waals surface area contributed by atoms with Gasteiger partial charge in [-0.15, -0.1) is 0 Å². The van der Waals surface area contributed by atoms with E-state index in [0.29, 0.717) is 5.39 Å². The van der Waals surface area contributed by atoms with E-state index in [1.165, 1.54) is 12.1 Å². The molecule has 1 aromatic carbocycles. The number of alkyl halides is 4. The molecule has 3 nitrogen and oxygen atoms in total. The van der Waals surface area contributed by atoms with Gasteiger partial charge < -0.3 is 0 Å². The van der Waals surface area contributed by atoms with E-state index in [0.717, 1.165) is 15.7 Å². The fraction of sp³-hybridized carbons (Fsp3) is 0.294. The van der Waals surface area contributed by atoms with Gasteiger partial charge in [-0.25, -0.2) is 0 Å². The second-order valence-electron chi connectivity index (χ2n) is 6.19. The Kier molecular flexibility index (Phi) is 4.97. The molecule has 0 fully saturated rings. The summed E-state index contributed by atoms with van der Waals surface area (Å²) >= 11 is 1.56. The second-order valence-corrected chi connectivity index (χ2v) is 11.7. The van der Waals surface area contributed by atoms with E-state index in [1.54, 1.807) is 38.1 Å². The van der Waals surface area contributed by atoms with Crippen molar-refractivity contribution in [1.82, 2.24) is 3.97 Å². The van der Waals surface area contributed by atoms with Crippen LogP contribution in [0.2, 0.25) is 0 Å². The predicted molar refractivity (Wildman–Crippen MR) is 102 cm³/mol. The van der Waals surface area contributed by atoms with Crippen LogP contribution in [-0.2, 0) is 10.0 Å². The van der Waals surface area contributed by atoms with Gasteiger partial charge in [0.1, 0.15) is 0 Å². The monoisotopic (exact) mass is 513 g/mol. The Balaban J connectivity index is 2.24. The summed E-state index contributed by atoms with van der Waals surface area (Å²) in [6.45, 7) is 3.35. The van der Waals surface area contributed by atoms with E-state index >= 15 is 0 Å². The van der Waals surface area contributed by atoms with Crippen LogP contribution in [-0.4, -0.2) is 42.0 Å². The first-order valence-electron chi connectivity index (χ1n) is 7.58. The number of nitrogens with zero attached hydrogens (tertiary/aromatic N) is 1. The SMILES string of the molecule is CC1=CC(C)(S(=O)(=O)n2cc([Se]C(F)(F)F)c3ccccc32)C(Br)C=C1. The Bertz CT molecular complexity index is 1030. The molecule has 140 valence electrons. The zero-order chi connectivity index (χ0) is 19.3. The van der Waals surface area contributed by atoms with Crippen LogP contribution >= 0.6 is 15.9 Å². The van der Waals surface area contributed by atoms with E-state index in [4.69, 9.17) is 0 Å². The average Bonchev–Trinajstić information content (AvgIpc) is 2.89. The quantitative estimate of drug-likeness (QED) is 0.464. The van der Waals surface area contributed by atoms with Crippen molar-refractivity contribution in [2.75, 3.05) is 0 Å². The maximum absolute atomic E-state index is 13.4. The molecule has 0 radical (unpaired) electrons. The van der Waals surface area contributed by atoms with Crippen LogP contribution in [0.4, 0.5) is 13.2 Å². The molecule has 9 heteroatoms. The van der Waals surface area contributed by atoms with Crippen molar-refractivity contribution in [2.24, 2.45) is 0 Å². The molecule has 2 unspecified atom stereocenters. The fourth-order valence-electron chi connectivity index (χ4n) is 2.96. The minimum atomic E-state index is -4.36. The van der Waals surface area contributed by atoms with Crippen LogP contribution in [0, 0.1) is 0 Å². The van der Waals surface area contributed by atoms with Crippen LogP contribution in [0.5, 0.6) is 0 Å². The summed E-state index contributed by atoms with van der Waals surface area (Å²) in [7, 11) is -4.02. The number of halogens is 4. The van der Waals surface area contributed by atoms with E-state index in [2.05, 4.69) is 15.9 Å². The molecule has 0 N–H and O–H groups in total. The van der Waals surface area contributed by atoms with Gasteiger partial charge in [0, 0.05) is 0 Å². The van der Waals surface area contributed by atoms with Crippen molar-refractivity contribution in [3.8, 4) is 0 Å². The number of hydrogen-bond donors (Lipinski definition) is 0. The summed E-state index contributed by atoms with van der Waals surface area (Å²) in [6.07, 6.45) is 6.30.